The number of nitrogens with zero attached hydrogens (tertiary/aromatic N) is 1. The molecule has 2 fully saturated rings. The number of hydrogen-bond donors (Lipinski definition) is 2. The quantitative estimate of drug-likeness (QED) is 0.753. The average molecular weight is 381 g/mol. The van der Waals surface area contributed by atoms with Gasteiger partial charge in [-0.25, -0.2) is 8.42 Å². The molecule has 2 N–H and O–H groups in total. The molecular weight excluding hydrogens is 358 g/mol. The normalized spacial score (nSPS) is 21.8. The van der Waals surface area contributed by atoms with Gasteiger partial charge in [-0.05, 0) is 31.0 Å². The third kappa shape index (κ3) is 4.40. The summed E-state index contributed by atoms with van der Waals surface area (Å²) in [6, 6.07) is 5.97. The van der Waals surface area contributed by atoms with Gasteiger partial charge in [-0.1, -0.05) is 6.07 Å². The van der Waals surface area contributed by atoms with Gasteiger partial charge in [0.15, 0.2) is 0 Å². The zero-order valence-corrected chi connectivity index (χ0v) is 15.3. The van der Waals surface area contributed by atoms with Crippen molar-refractivity contribution in [1.29, 1.82) is 0 Å². The highest BCUT2D eigenvalue weighted by Gasteiger charge is 2.27. The van der Waals surface area contributed by atoms with Crippen molar-refractivity contribution < 1.29 is 22.7 Å². The van der Waals surface area contributed by atoms with Crippen LogP contribution in [0.25, 0.3) is 0 Å². The van der Waals surface area contributed by atoms with Gasteiger partial charge in [0.2, 0.25) is 15.9 Å². The smallest absolute Gasteiger partial charge is 0.251 e. The SMILES string of the molecule is O=C1CCN(S(=O)(=O)c2cccc(C(=O)NC[C@@H]3CCCO3)c2)CCN1. The van der Waals surface area contributed by atoms with Crippen LogP contribution < -0.4 is 10.6 Å². The van der Waals surface area contributed by atoms with Crippen molar-refractivity contribution in [2.75, 3.05) is 32.8 Å². The van der Waals surface area contributed by atoms with Crippen molar-refractivity contribution >= 4 is 21.8 Å². The third-order valence-corrected chi connectivity index (χ3v) is 6.41. The molecule has 3 rings (SSSR count). The Labute approximate surface area is 152 Å². The first-order chi connectivity index (χ1) is 12.5. The average Bonchev–Trinajstić information content (AvgIpc) is 3.06. The van der Waals surface area contributed by atoms with E-state index in [1.165, 1.54) is 16.4 Å². The lowest BCUT2D eigenvalue weighted by atomic mass is 10.2. The fourth-order valence-electron chi connectivity index (χ4n) is 3.05. The fraction of sp³-hybridized carbons (Fsp3) is 0.529. The van der Waals surface area contributed by atoms with E-state index >= 15 is 0 Å². The van der Waals surface area contributed by atoms with Crippen LogP contribution in [-0.4, -0.2) is 63.4 Å². The second-order valence-electron chi connectivity index (χ2n) is 6.38. The Kier molecular flexibility index (Phi) is 5.90. The number of benzene rings is 1. The van der Waals surface area contributed by atoms with E-state index in [1.54, 1.807) is 12.1 Å². The maximum atomic E-state index is 12.8. The molecule has 0 saturated carbocycles. The van der Waals surface area contributed by atoms with Gasteiger partial charge in [0.25, 0.3) is 5.91 Å². The Morgan fingerprint density at radius 3 is 2.96 bits per heavy atom. The largest absolute Gasteiger partial charge is 0.376 e. The standard InChI is InChI=1S/C17H23N3O5S/c21-16-6-8-20(9-7-18-16)26(23,24)15-5-1-3-13(11-15)17(22)19-12-14-4-2-10-25-14/h1,3,5,11,14H,2,4,6-10,12H2,(H,18,21)(H,19,22)/t14-/m0/s1. The van der Waals surface area contributed by atoms with E-state index in [9.17, 15) is 18.0 Å². The van der Waals surface area contributed by atoms with Gasteiger partial charge in [-0.3, -0.25) is 9.59 Å². The van der Waals surface area contributed by atoms with Gasteiger partial charge < -0.3 is 15.4 Å². The Morgan fingerprint density at radius 1 is 1.35 bits per heavy atom. The van der Waals surface area contributed by atoms with Crippen LogP contribution in [0, 0.1) is 0 Å². The zero-order chi connectivity index (χ0) is 18.6. The van der Waals surface area contributed by atoms with E-state index in [1.807, 2.05) is 0 Å². The Balaban J connectivity index is 1.70. The summed E-state index contributed by atoms with van der Waals surface area (Å²) < 4.78 is 32.4. The van der Waals surface area contributed by atoms with Crippen molar-refractivity contribution in [2.24, 2.45) is 0 Å². The highest BCUT2D eigenvalue weighted by molar-refractivity contribution is 7.89. The second kappa shape index (κ2) is 8.15. The number of hydrogen-bond acceptors (Lipinski definition) is 5. The topological polar surface area (TPSA) is 105 Å². The molecule has 2 amide bonds. The number of ether oxygens (including phenoxy) is 1. The molecule has 26 heavy (non-hydrogen) atoms. The lowest BCUT2D eigenvalue weighted by molar-refractivity contribution is -0.120. The maximum Gasteiger partial charge on any atom is 0.251 e. The molecule has 0 radical (unpaired) electrons. The molecule has 0 aromatic heterocycles. The Hall–Kier alpha value is -1.97. The first-order valence-corrected chi connectivity index (χ1v) is 10.2. The summed E-state index contributed by atoms with van der Waals surface area (Å²) in [5, 5.41) is 5.44. The summed E-state index contributed by atoms with van der Waals surface area (Å²) in [5.41, 5.74) is 0.285. The minimum absolute atomic E-state index is 0.0213. The maximum absolute atomic E-state index is 12.8. The highest BCUT2D eigenvalue weighted by Crippen LogP contribution is 2.18. The summed E-state index contributed by atoms with van der Waals surface area (Å²) in [5.74, 6) is -0.491. The van der Waals surface area contributed by atoms with Gasteiger partial charge in [-0.2, -0.15) is 4.31 Å². The molecule has 1 atom stereocenters. The van der Waals surface area contributed by atoms with Gasteiger partial charge in [-0.15, -0.1) is 0 Å². The predicted octanol–water partition coefficient (Wildman–Crippen LogP) is 0.106. The minimum Gasteiger partial charge on any atom is -0.376 e. The Morgan fingerprint density at radius 2 is 2.19 bits per heavy atom. The molecule has 0 bridgehead atoms. The Bertz CT molecular complexity index is 774. The number of amides is 2. The molecular formula is C17H23N3O5S. The van der Waals surface area contributed by atoms with Crippen LogP contribution in [0.15, 0.2) is 29.2 Å². The molecule has 1 aromatic rings. The van der Waals surface area contributed by atoms with Crippen LogP contribution in [0.4, 0.5) is 0 Å². The molecule has 9 heteroatoms. The number of rotatable bonds is 5. The zero-order valence-electron chi connectivity index (χ0n) is 14.4. The fourth-order valence-corrected chi connectivity index (χ4v) is 4.54. The number of carbonyl (C=O) groups excluding carboxylic acids is 2. The molecule has 2 heterocycles. The second-order valence-corrected chi connectivity index (χ2v) is 8.31. The third-order valence-electron chi connectivity index (χ3n) is 4.52. The molecule has 2 aliphatic heterocycles. The molecule has 2 saturated heterocycles. The van der Waals surface area contributed by atoms with Gasteiger partial charge >= 0.3 is 0 Å². The van der Waals surface area contributed by atoms with Crippen molar-refractivity contribution in [3.05, 3.63) is 29.8 Å². The summed E-state index contributed by atoms with van der Waals surface area (Å²) in [6.45, 7) is 1.74. The van der Waals surface area contributed by atoms with Crippen LogP contribution in [0.2, 0.25) is 0 Å². The summed E-state index contributed by atoms with van der Waals surface area (Å²) >= 11 is 0. The monoisotopic (exact) mass is 381 g/mol. The number of carbonyl (C=O) groups is 2. The van der Waals surface area contributed by atoms with Crippen LogP contribution in [0.5, 0.6) is 0 Å². The summed E-state index contributed by atoms with van der Waals surface area (Å²) in [4.78, 5) is 23.8. The summed E-state index contributed by atoms with van der Waals surface area (Å²) in [6.07, 6.45) is 2.05. The van der Waals surface area contributed by atoms with Crippen molar-refractivity contribution in [2.45, 2.75) is 30.3 Å². The molecule has 2 aliphatic rings. The first-order valence-electron chi connectivity index (χ1n) is 8.73. The van der Waals surface area contributed by atoms with Crippen LogP contribution in [-0.2, 0) is 19.6 Å². The minimum atomic E-state index is -3.76. The van der Waals surface area contributed by atoms with E-state index in [4.69, 9.17) is 4.74 Å². The lowest BCUT2D eigenvalue weighted by Gasteiger charge is -2.19. The van der Waals surface area contributed by atoms with E-state index in [0.717, 1.165) is 12.8 Å². The number of sulfonamides is 1. The molecule has 0 spiro atoms. The van der Waals surface area contributed by atoms with Gasteiger partial charge in [0, 0.05) is 44.8 Å². The molecule has 8 nitrogen and oxygen atoms in total. The molecule has 0 unspecified atom stereocenters. The summed E-state index contributed by atoms with van der Waals surface area (Å²) in [7, 11) is -3.76. The molecule has 1 aromatic carbocycles. The molecule has 0 aliphatic carbocycles. The van der Waals surface area contributed by atoms with Gasteiger partial charge in [0.05, 0.1) is 11.0 Å². The highest BCUT2D eigenvalue weighted by atomic mass is 32.2. The van der Waals surface area contributed by atoms with E-state index < -0.39 is 10.0 Å². The van der Waals surface area contributed by atoms with E-state index in [0.29, 0.717) is 13.2 Å². The van der Waals surface area contributed by atoms with Crippen molar-refractivity contribution in [3.8, 4) is 0 Å². The predicted molar refractivity (Wildman–Crippen MR) is 94.1 cm³/mol. The lowest BCUT2D eigenvalue weighted by Crippen LogP contribution is -2.34. The van der Waals surface area contributed by atoms with Gasteiger partial charge in [0.1, 0.15) is 0 Å². The molecule has 142 valence electrons. The number of nitrogens with one attached hydrogen (secondary N) is 2. The van der Waals surface area contributed by atoms with E-state index in [-0.39, 0.29) is 54.4 Å². The van der Waals surface area contributed by atoms with Crippen LogP contribution in [0.3, 0.4) is 0 Å². The van der Waals surface area contributed by atoms with Crippen molar-refractivity contribution in [3.63, 3.8) is 0 Å². The first kappa shape index (κ1) is 18.8. The van der Waals surface area contributed by atoms with E-state index in [2.05, 4.69) is 10.6 Å². The van der Waals surface area contributed by atoms with Crippen LogP contribution in [0.1, 0.15) is 29.6 Å². The van der Waals surface area contributed by atoms with Crippen LogP contribution >= 0.6 is 0 Å². The van der Waals surface area contributed by atoms with Crippen molar-refractivity contribution in [1.82, 2.24) is 14.9 Å².